The second-order valence-corrected chi connectivity index (χ2v) is 7.28. The molecule has 0 saturated heterocycles. The number of aromatic nitrogens is 2. The largest absolute Gasteiger partial charge is 0.310 e. The van der Waals surface area contributed by atoms with Crippen LogP contribution < -0.4 is 5.32 Å². The van der Waals surface area contributed by atoms with Crippen LogP contribution in [0, 0.1) is 0 Å². The number of benzene rings is 3. The first-order valence-corrected chi connectivity index (χ1v) is 9.72. The smallest absolute Gasteiger partial charge is 0.229 e. The second kappa shape index (κ2) is 6.97. The lowest BCUT2D eigenvalue weighted by Gasteiger charge is -2.11. The van der Waals surface area contributed by atoms with Crippen LogP contribution in [0.5, 0.6) is 0 Å². The highest BCUT2D eigenvalue weighted by molar-refractivity contribution is 5.93. The van der Waals surface area contributed by atoms with Gasteiger partial charge in [-0.1, -0.05) is 60.7 Å². The highest BCUT2D eigenvalue weighted by Crippen LogP contribution is 2.31. The van der Waals surface area contributed by atoms with Crippen molar-refractivity contribution in [2.75, 3.05) is 5.32 Å². The van der Waals surface area contributed by atoms with E-state index in [1.54, 1.807) is 0 Å². The number of rotatable bonds is 4. The Balaban J connectivity index is 1.43. The summed E-state index contributed by atoms with van der Waals surface area (Å²) >= 11 is 0. The third-order valence-corrected chi connectivity index (χ3v) is 5.34. The minimum atomic E-state index is -0.0120. The summed E-state index contributed by atoms with van der Waals surface area (Å²) in [5.41, 5.74) is 4.26. The van der Waals surface area contributed by atoms with E-state index in [9.17, 15) is 4.79 Å². The average molecular weight is 367 g/mol. The number of anilines is 1. The van der Waals surface area contributed by atoms with Gasteiger partial charge >= 0.3 is 0 Å². The Hall–Kier alpha value is -3.40. The van der Waals surface area contributed by atoms with E-state index in [4.69, 9.17) is 5.10 Å². The number of carbonyl (C=O) groups is 1. The molecule has 5 rings (SSSR count). The van der Waals surface area contributed by atoms with E-state index in [0.29, 0.717) is 6.42 Å². The first kappa shape index (κ1) is 16.8. The van der Waals surface area contributed by atoms with Gasteiger partial charge < -0.3 is 5.32 Å². The maximum atomic E-state index is 12.8. The number of hydrogen-bond acceptors (Lipinski definition) is 2. The summed E-state index contributed by atoms with van der Waals surface area (Å²) in [6.07, 6.45) is 3.39. The lowest BCUT2D eigenvalue weighted by atomic mass is 10.0. The van der Waals surface area contributed by atoms with Crippen LogP contribution in [0.3, 0.4) is 0 Å². The molecule has 0 saturated carbocycles. The van der Waals surface area contributed by atoms with Crippen LogP contribution in [0.4, 0.5) is 5.82 Å². The van der Waals surface area contributed by atoms with E-state index < -0.39 is 0 Å². The first-order chi connectivity index (χ1) is 13.8. The number of fused-ring (bicyclic) bond motifs is 2. The number of hydrogen-bond donors (Lipinski definition) is 1. The van der Waals surface area contributed by atoms with E-state index in [1.165, 1.54) is 10.9 Å². The topological polar surface area (TPSA) is 46.9 Å². The quantitative estimate of drug-likeness (QED) is 0.568. The zero-order valence-corrected chi connectivity index (χ0v) is 15.6. The first-order valence-electron chi connectivity index (χ1n) is 9.72. The summed E-state index contributed by atoms with van der Waals surface area (Å²) in [6.45, 7) is 0. The molecule has 0 aliphatic heterocycles. The third-order valence-electron chi connectivity index (χ3n) is 5.34. The number of nitrogens with zero attached hydrogens (tertiary/aromatic N) is 2. The minimum Gasteiger partial charge on any atom is -0.310 e. The maximum Gasteiger partial charge on any atom is 0.229 e. The molecule has 28 heavy (non-hydrogen) atoms. The predicted octanol–water partition coefficient (Wildman–Crippen LogP) is 4.70. The molecule has 4 nitrogen and oxygen atoms in total. The van der Waals surface area contributed by atoms with Crippen molar-refractivity contribution in [3.8, 4) is 5.69 Å². The maximum absolute atomic E-state index is 12.8. The average Bonchev–Trinajstić information content (AvgIpc) is 3.31. The molecule has 1 heterocycles. The monoisotopic (exact) mass is 367 g/mol. The van der Waals surface area contributed by atoms with Gasteiger partial charge in [0, 0.05) is 5.56 Å². The molecule has 0 bridgehead atoms. The summed E-state index contributed by atoms with van der Waals surface area (Å²) in [4.78, 5) is 12.8. The molecule has 1 aliphatic rings. The molecule has 138 valence electrons. The molecule has 1 N–H and O–H groups in total. The summed E-state index contributed by atoms with van der Waals surface area (Å²) in [5.74, 6) is 0.812. The summed E-state index contributed by atoms with van der Waals surface area (Å²) in [6, 6.07) is 24.4. The van der Waals surface area contributed by atoms with Crippen LogP contribution in [0.25, 0.3) is 16.5 Å². The zero-order chi connectivity index (χ0) is 18.9. The Morgan fingerprint density at radius 2 is 1.71 bits per heavy atom. The molecule has 0 spiro atoms. The van der Waals surface area contributed by atoms with E-state index in [-0.39, 0.29) is 5.91 Å². The number of nitrogens with one attached hydrogen (secondary N) is 1. The minimum absolute atomic E-state index is 0.0120. The number of amides is 1. The predicted molar refractivity (Wildman–Crippen MR) is 112 cm³/mol. The van der Waals surface area contributed by atoms with Gasteiger partial charge in [-0.15, -0.1) is 0 Å². The molecule has 0 atom stereocenters. The van der Waals surface area contributed by atoms with Crippen LogP contribution in [-0.2, 0) is 24.1 Å². The molecule has 1 aromatic heterocycles. The van der Waals surface area contributed by atoms with Gasteiger partial charge in [-0.3, -0.25) is 4.79 Å². The Labute approximate surface area is 163 Å². The van der Waals surface area contributed by atoms with Crippen molar-refractivity contribution < 1.29 is 4.79 Å². The van der Waals surface area contributed by atoms with Crippen molar-refractivity contribution in [1.82, 2.24) is 9.78 Å². The fraction of sp³-hybridized carbons (Fsp3) is 0.167. The van der Waals surface area contributed by atoms with Crippen LogP contribution >= 0.6 is 0 Å². The van der Waals surface area contributed by atoms with E-state index in [0.717, 1.165) is 47.4 Å². The van der Waals surface area contributed by atoms with Crippen molar-refractivity contribution in [3.63, 3.8) is 0 Å². The molecule has 0 fully saturated rings. The van der Waals surface area contributed by atoms with Gasteiger partial charge in [0.1, 0.15) is 5.82 Å². The molecule has 1 aliphatic carbocycles. The van der Waals surface area contributed by atoms with Gasteiger partial charge in [-0.05, 0) is 47.7 Å². The number of aryl methyl sites for hydroxylation is 1. The van der Waals surface area contributed by atoms with Crippen LogP contribution in [0.2, 0.25) is 0 Å². The molecular formula is C24H21N3O. The van der Waals surface area contributed by atoms with Crippen molar-refractivity contribution in [2.45, 2.75) is 25.7 Å². The molecule has 4 aromatic rings. The van der Waals surface area contributed by atoms with Crippen molar-refractivity contribution in [3.05, 3.63) is 89.6 Å². The highest BCUT2D eigenvalue weighted by atomic mass is 16.1. The molecular weight excluding hydrogens is 346 g/mol. The van der Waals surface area contributed by atoms with Gasteiger partial charge in [0.05, 0.1) is 17.8 Å². The highest BCUT2D eigenvalue weighted by Gasteiger charge is 2.24. The Bertz CT molecular complexity index is 1160. The van der Waals surface area contributed by atoms with E-state index >= 15 is 0 Å². The van der Waals surface area contributed by atoms with Crippen LogP contribution in [0.1, 0.15) is 23.2 Å². The summed E-state index contributed by atoms with van der Waals surface area (Å²) < 4.78 is 1.88. The third kappa shape index (κ3) is 3.07. The Morgan fingerprint density at radius 3 is 2.57 bits per heavy atom. The molecule has 3 aromatic carbocycles. The second-order valence-electron chi connectivity index (χ2n) is 7.28. The normalized spacial score (nSPS) is 12.9. The van der Waals surface area contributed by atoms with Gasteiger partial charge in [-0.25, -0.2) is 4.68 Å². The molecule has 0 unspecified atom stereocenters. The lowest BCUT2D eigenvalue weighted by Crippen LogP contribution is -2.18. The Morgan fingerprint density at radius 1 is 0.929 bits per heavy atom. The summed E-state index contributed by atoms with van der Waals surface area (Å²) in [5, 5.41) is 10.3. The van der Waals surface area contributed by atoms with Gasteiger partial charge in [0.15, 0.2) is 0 Å². The Kier molecular flexibility index (Phi) is 4.17. The van der Waals surface area contributed by atoms with E-state index in [1.807, 2.05) is 53.2 Å². The van der Waals surface area contributed by atoms with Gasteiger partial charge in [0.25, 0.3) is 0 Å². The molecule has 4 heteroatoms. The lowest BCUT2D eigenvalue weighted by molar-refractivity contribution is -0.115. The fourth-order valence-corrected chi connectivity index (χ4v) is 3.99. The number of carbonyl (C=O) groups excluding carboxylic acids is 1. The SMILES string of the molecule is O=C(Cc1ccc2ccccc2c1)Nc1c2c(nn1-c1ccccc1)CCC2. The van der Waals surface area contributed by atoms with Gasteiger partial charge in [-0.2, -0.15) is 5.10 Å². The fourth-order valence-electron chi connectivity index (χ4n) is 3.99. The van der Waals surface area contributed by atoms with Crippen molar-refractivity contribution >= 4 is 22.5 Å². The van der Waals surface area contributed by atoms with Crippen molar-refractivity contribution in [2.24, 2.45) is 0 Å². The van der Waals surface area contributed by atoms with Crippen LogP contribution in [-0.4, -0.2) is 15.7 Å². The van der Waals surface area contributed by atoms with Crippen LogP contribution in [0.15, 0.2) is 72.8 Å². The van der Waals surface area contributed by atoms with E-state index in [2.05, 4.69) is 29.6 Å². The van der Waals surface area contributed by atoms with Gasteiger partial charge in [0.2, 0.25) is 5.91 Å². The molecule has 1 amide bonds. The standard InChI is InChI=1S/C24H21N3O/c28-23(16-17-13-14-18-7-4-5-8-19(18)15-17)25-24-21-11-6-12-22(21)26-27(24)20-9-2-1-3-10-20/h1-5,7-10,13-15H,6,11-12,16H2,(H,25,28). The number of para-hydroxylation sites is 1. The van der Waals surface area contributed by atoms with Crippen molar-refractivity contribution in [1.29, 1.82) is 0 Å². The molecule has 0 radical (unpaired) electrons. The zero-order valence-electron chi connectivity index (χ0n) is 15.6. The summed E-state index contributed by atoms with van der Waals surface area (Å²) in [7, 11) is 0.